The molecular formula is C18H19FN2OS. The highest BCUT2D eigenvalue weighted by atomic mass is 32.2. The van der Waals surface area contributed by atoms with E-state index < -0.39 is 0 Å². The average molecular weight is 330 g/mol. The Morgan fingerprint density at radius 1 is 1.13 bits per heavy atom. The van der Waals surface area contributed by atoms with E-state index in [9.17, 15) is 9.18 Å². The summed E-state index contributed by atoms with van der Waals surface area (Å²) in [6.07, 6.45) is 0. The van der Waals surface area contributed by atoms with Crippen molar-refractivity contribution in [2.45, 2.75) is 19.6 Å². The van der Waals surface area contributed by atoms with Gasteiger partial charge in [0, 0.05) is 5.75 Å². The molecule has 0 heterocycles. The Balaban J connectivity index is 1.77. The Labute approximate surface area is 140 Å². The van der Waals surface area contributed by atoms with E-state index in [1.54, 1.807) is 19.1 Å². The number of carbonyl (C=O) groups excluding carboxylic acids is 1. The van der Waals surface area contributed by atoms with E-state index in [-0.39, 0.29) is 11.7 Å². The maximum Gasteiger partial charge on any atom is 0.250 e. The van der Waals surface area contributed by atoms with E-state index in [1.165, 1.54) is 35.0 Å². The van der Waals surface area contributed by atoms with Crippen LogP contribution in [0.15, 0.2) is 53.6 Å². The number of halogens is 1. The van der Waals surface area contributed by atoms with Crippen molar-refractivity contribution in [3.05, 3.63) is 71.0 Å². The minimum absolute atomic E-state index is 0.149. The van der Waals surface area contributed by atoms with Crippen molar-refractivity contribution in [2.75, 3.05) is 5.75 Å². The van der Waals surface area contributed by atoms with Gasteiger partial charge in [-0.05, 0) is 37.1 Å². The molecule has 2 aromatic rings. The predicted octanol–water partition coefficient (Wildman–Crippen LogP) is 3.91. The highest BCUT2D eigenvalue weighted by molar-refractivity contribution is 7.99. The van der Waals surface area contributed by atoms with E-state index in [1.807, 2.05) is 6.92 Å². The lowest BCUT2D eigenvalue weighted by atomic mass is 10.1. The summed E-state index contributed by atoms with van der Waals surface area (Å²) in [6.45, 7) is 3.82. The van der Waals surface area contributed by atoms with E-state index in [0.29, 0.717) is 11.5 Å². The summed E-state index contributed by atoms with van der Waals surface area (Å²) in [4.78, 5) is 11.8. The molecule has 0 aliphatic rings. The van der Waals surface area contributed by atoms with Crippen LogP contribution in [-0.4, -0.2) is 17.4 Å². The first kappa shape index (κ1) is 17.2. The molecule has 0 aromatic heterocycles. The summed E-state index contributed by atoms with van der Waals surface area (Å²) in [5, 5.41) is 4.04. The molecule has 5 heteroatoms. The van der Waals surface area contributed by atoms with Gasteiger partial charge in [0.1, 0.15) is 5.82 Å². The van der Waals surface area contributed by atoms with Crippen LogP contribution >= 0.6 is 11.8 Å². The second-order valence-corrected chi connectivity index (χ2v) is 6.20. The molecule has 0 unspecified atom stereocenters. The van der Waals surface area contributed by atoms with E-state index in [0.717, 1.165) is 11.3 Å². The maximum atomic E-state index is 12.9. The number of hydrazone groups is 1. The van der Waals surface area contributed by atoms with E-state index in [4.69, 9.17) is 0 Å². The van der Waals surface area contributed by atoms with Gasteiger partial charge in [0.05, 0.1) is 11.5 Å². The molecule has 0 aliphatic heterocycles. The number of carbonyl (C=O) groups is 1. The van der Waals surface area contributed by atoms with Gasteiger partial charge in [-0.15, -0.1) is 11.8 Å². The van der Waals surface area contributed by atoms with Crippen LogP contribution in [0.25, 0.3) is 0 Å². The minimum Gasteiger partial charge on any atom is -0.272 e. The van der Waals surface area contributed by atoms with Gasteiger partial charge in [-0.3, -0.25) is 4.79 Å². The molecule has 0 bridgehead atoms. The summed E-state index contributed by atoms with van der Waals surface area (Å²) in [5.41, 5.74) is 6.36. The van der Waals surface area contributed by atoms with Gasteiger partial charge in [0.25, 0.3) is 0 Å². The minimum atomic E-state index is -0.293. The molecule has 0 radical (unpaired) electrons. The first-order chi connectivity index (χ1) is 11.0. The SMILES string of the molecule is C/C(=N\NC(=O)CSCc1ccc(C)cc1)c1ccc(F)cc1. The molecule has 3 nitrogen and oxygen atoms in total. The molecule has 2 aromatic carbocycles. The van der Waals surface area contributed by atoms with Gasteiger partial charge >= 0.3 is 0 Å². The maximum absolute atomic E-state index is 12.9. The molecule has 0 spiro atoms. The highest BCUT2D eigenvalue weighted by Gasteiger charge is 2.03. The normalized spacial score (nSPS) is 11.3. The monoisotopic (exact) mass is 330 g/mol. The molecule has 0 aliphatic carbocycles. The molecule has 0 atom stereocenters. The Morgan fingerprint density at radius 2 is 1.78 bits per heavy atom. The summed E-state index contributed by atoms with van der Waals surface area (Å²) >= 11 is 1.54. The van der Waals surface area contributed by atoms with Crippen LogP contribution in [0, 0.1) is 12.7 Å². The van der Waals surface area contributed by atoms with Gasteiger partial charge in [-0.2, -0.15) is 5.10 Å². The van der Waals surface area contributed by atoms with Gasteiger partial charge in [-0.25, -0.2) is 9.82 Å². The van der Waals surface area contributed by atoms with Crippen molar-refractivity contribution in [2.24, 2.45) is 5.10 Å². The molecule has 1 amide bonds. The summed E-state index contributed by atoms with van der Waals surface area (Å²) in [6, 6.07) is 14.3. The fraction of sp³-hybridized carbons (Fsp3) is 0.222. The number of nitrogens with one attached hydrogen (secondary N) is 1. The second kappa shape index (κ2) is 8.48. The zero-order valence-electron chi connectivity index (χ0n) is 13.2. The van der Waals surface area contributed by atoms with Crippen molar-refractivity contribution >= 4 is 23.4 Å². The number of nitrogens with zero attached hydrogens (tertiary/aromatic N) is 1. The lowest BCUT2D eigenvalue weighted by Gasteiger charge is -2.04. The fourth-order valence-corrected chi connectivity index (χ4v) is 2.66. The molecule has 0 saturated heterocycles. The quantitative estimate of drug-likeness (QED) is 0.644. The number of hydrogen-bond donors (Lipinski definition) is 1. The van der Waals surface area contributed by atoms with Gasteiger partial charge in [-0.1, -0.05) is 42.0 Å². The van der Waals surface area contributed by atoms with Crippen LogP contribution in [0.5, 0.6) is 0 Å². The molecular weight excluding hydrogens is 311 g/mol. The molecule has 23 heavy (non-hydrogen) atoms. The largest absolute Gasteiger partial charge is 0.272 e. The number of aryl methyl sites for hydroxylation is 1. The first-order valence-electron chi connectivity index (χ1n) is 7.27. The van der Waals surface area contributed by atoms with Crippen LogP contribution in [0.1, 0.15) is 23.6 Å². The van der Waals surface area contributed by atoms with Crippen LogP contribution in [-0.2, 0) is 10.5 Å². The average Bonchev–Trinajstić information content (AvgIpc) is 2.55. The Kier molecular flexibility index (Phi) is 6.35. The smallest absolute Gasteiger partial charge is 0.250 e. The van der Waals surface area contributed by atoms with Crippen molar-refractivity contribution < 1.29 is 9.18 Å². The lowest BCUT2D eigenvalue weighted by Crippen LogP contribution is -2.21. The molecule has 120 valence electrons. The van der Waals surface area contributed by atoms with Gasteiger partial charge < -0.3 is 0 Å². The van der Waals surface area contributed by atoms with Crippen molar-refractivity contribution in [3.8, 4) is 0 Å². The van der Waals surface area contributed by atoms with Crippen LogP contribution < -0.4 is 5.43 Å². The Bertz CT molecular complexity index is 681. The van der Waals surface area contributed by atoms with Crippen LogP contribution in [0.3, 0.4) is 0 Å². The number of thioether (sulfide) groups is 1. The molecule has 2 rings (SSSR count). The van der Waals surface area contributed by atoms with Crippen molar-refractivity contribution in [3.63, 3.8) is 0 Å². The summed E-state index contributed by atoms with van der Waals surface area (Å²) in [5.74, 6) is 0.685. The summed E-state index contributed by atoms with van der Waals surface area (Å²) in [7, 11) is 0. The van der Waals surface area contributed by atoms with Crippen LogP contribution in [0.2, 0.25) is 0 Å². The predicted molar refractivity (Wildman–Crippen MR) is 94.1 cm³/mol. The number of hydrogen-bond acceptors (Lipinski definition) is 3. The third kappa shape index (κ3) is 5.87. The highest BCUT2D eigenvalue weighted by Crippen LogP contribution is 2.12. The third-order valence-electron chi connectivity index (χ3n) is 3.23. The fourth-order valence-electron chi connectivity index (χ4n) is 1.88. The molecule has 0 fully saturated rings. The first-order valence-corrected chi connectivity index (χ1v) is 8.42. The topological polar surface area (TPSA) is 41.5 Å². The van der Waals surface area contributed by atoms with Crippen LogP contribution in [0.4, 0.5) is 4.39 Å². The second-order valence-electron chi connectivity index (χ2n) is 5.22. The molecule has 1 N–H and O–H groups in total. The zero-order chi connectivity index (χ0) is 16.7. The Morgan fingerprint density at radius 3 is 2.43 bits per heavy atom. The standard InChI is InChI=1S/C18H19FN2OS/c1-13-3-5-15(6-4-13)11-23-12-18(22)21-20-14(2)16-7-9-17(19)10-8-16/h3-10H,11-12H2,1-2H3,(H,21,22)/b20-14+. The van der Waals surface area contributed by atoms with Gasteiger partial charge in [0.2, 0.25) is 5.91 Å². The van der Waals surface area contributed by atoms with Crippen molar-refractivity contribution in [1.29, 1.82) is 0 Å². The third-order valence-corrected chi connectivity index (χ3v) is 4.24. The summed E-state index contributed by atoms with van der Waals surface area (Å²) < 4.78 is 12.9. The van der Waals surface area contributed by atoms with Gasteiger partial charge in [0.15, 0.2) is 0 Å². The molecule has 0 saturated carbocycles. The number of amides is 1. The van der Waals surface area contributed by atoms with E-state index >= 15 is 0 Å². The lowest BCUT2D eigenvalue weighted by molar-refractivity contribution is -0.118. The van der Waals surface area contributed by atoms with Crippen molar-refractivity contribution in [1.82, 2.24) is 5.43 Å². The zero-order valence-corrected chi connectivity index (χ0v) is 14.0. The number of benzene rings is 2. The number of rotatable bonds is 6. The van der Waals surface area contributed by atoms with E-state index in [2.05, 4.69) is 34.8 Å². The Hall–Kier alpha value is -2.14.